The van der Waals surface area contributed by atoms with E-state index in [1.807, 2.05) is 13.8 Å². The maximum absolute atomic E-state index is 9.83. The molecule has 1 heterocycles. The van der Waals surface area contributed by atoms with Gasteiger partial charge in [-0.05, 0) is 49.9 Å². The van der Waals surface area contributed by atoms with Crippen LogP contribution in [0.1, 0.15) is 31.4 Å². The Morgan fingerprint density at radius 3 is 2.30 bits per heavy atom. The van der Waals surface area contributed by atoms with Crippen molar-refractivity contribution in [3.63, 3.8) is 0 Å². The second kappa shape index (κ2) is 6.02. The number of aliphatic hydroxyl groups is 1. The van der Waals surface area contributed by atoms with Gasteiger partial charge in [0.25, 0.3) is 0 Å². The Labute approximate surface area is 121 Å². The van der Waals surface area contributed by atoms with E-state index in [0.29, 0.717) is 0 Å². The summed E-state index contributed by atoms with van der Waals surface area (Å²) >= 11 is 0. The fourth-order valence-electron chi connectivity index (χ4n) is 2.56. The summed E-state index contributed by atoms with van der Waals surface area (Å²) in [7, 11) is 3.34. The van der Waals surface area contributed by atoms with E-state index in [4.69, 9.17) is 9.47 Å². The topological polar surface area (TPSA) is 41.9 Å². The van der Waals surface area contributed by atoms with Gasteiger partial charge in [0.1, 0.15) is 0 Å². The van der Waals surface area contributed by atoms with Crippen molar-refractivity contribution >= 4 is 0 Å². The van der Waals surface area contributed by atoms with E-state index in [0.717, 1.165) is 44.0 Å². The lowest BCUT2D eigenvalue weighted by Crippen LogP contribution is -2.35. The lowest BCUT2D eigenvalue weighted by Gasteiger charge is -2.31. The fourth-order valence-corrected chi connectivity index (χ4v) is 2.56. The lowest BCUT2D eigenvalue weighted by molar-refractivity contribution is 0.0558. The Hall–Kier alpha value is -1.26. The standard InChI is InChI=1S/C16H25NO3/c1-16(2,18)6-8-17-7-5-12-9-14(19-3)15(20-4)10-13(12)11-17/h9-10,18H,5-8,11H2,1-4H3. The summed E-state index contributed by atoms with van der Waals surface area (Å²) in [6.07, 6.45) is 1.80. The van der Waals surface area contributed by atoms with Gasteiger partial charge in [0.15, 0.2) is 11.5 Å². The van der Waals surface area contributed by atoms with Gasteiger partial charge in [-0.2, -0.15) is 0 Å². The molecule has 1 aliphatic rings. The number of benzene rings is 1. The molecule has 4 heteroatoms. The van der Waals surface area contributed by atoms with Crippen LogP contribution in [0.2, 0.25) is 0 Å². The molecule has 0 saturated carbocycles. The normalized spacial score (nSPS) is 15.8. The zero-order chi connectivity index (χ0) is 14.8. The van der Waals surface area contributed by atoms with Gasteiger partial charge in [0.2, 0.25) is 0 Å². The Kier molecular flexibility index (Phi) is 4.55. The molecule has 0 atom stereocenters. The van der Waals surface area contributed by atoms with Crippen LogP contribution < -0.4 is 9.47 Å². The third-order valence-electron chi connectivity index (χ3n) is 3.84. The minimum Gasteiger partial charge on any atom is -0.493 e. The van der Waals surface area contributed by atoms with Crippen LogP contribution in [0.3, 0.4) is 0 Å². The predicted molar refractivity (Wildman–Crippen MR) is 79.4 cm³/mol. The highest BCUT2D eigenvalue weighted by Gasteiger charge is 2.21. The number of fused-ring (bicyclic) bond motifs is 1. The summed E-state index contributed by atoms with van der Waals surface area (Å²) in [6, 6.07) is 4.16. The van der Waals surface area contributed by atoms with Gasteiger partial charge in [0, 0.05) is 19.6 Å². The molecular formula is C16H25NO3. The van der Waals surface area contributed by atoms with Crippen molar-refractivity contribution in [1.29, 1.82) is 0 Å². The van der Waals surface area contributed by atoms with Crippen molar-refractivity contribution in [2.24, 2.45) is 0 Å². The van der Waals surface area contributed by atoms with Crippen molar-refractivity contribution in [2.45, 2.75) is 38.8 Å². The molecule has 0 amide bonds. The van der Waals surface area contributed by atoms with E-state index in [2.05, 4.69) is 17.0 Å². The van der Waals surface area contributed by atoms with Gasteiger partial charge in [0.05, 0.1) is 19.8 Å². The molecule has 0 unspecified atom stereocenters. The molecule has 20 heavy (non-hydrogen) atoms. The van der Waals surface area contributed by atoms with Crippen LogP contribution in [0, 0.1) is 0 Å². The molecule has 0 spiro atoms. The van der Waals surface area contributed by atoms with Crippen molar-refractivity contribution in [3.8, 4) is 11.5 Å². The average molecular weight is 279 g/mol. The molecule has 4 nitrogen and oxygen atoms in total. The number of hydrogen-bond acceptors (Lipinski definition) is 4. The molecule has 0 saturated heterocycles. The number of nitrogens with zero attached hydrogens (tertiary/aromatic N) is 1. The maximum Gasteiger partial charge on any atom is 0.161 e. The van der Waals surface area contributed by atoms with Crippen LogP contribution in [0.25, 0.3) is 0 Å². The van der Waals surface area contributed by atoms with Gasteiger partial charge in [-0.25, -0.2) is 0 Å². The largest absolute Gasteiger partial charge is 0.493 e. The van der Waals surface area contributed by atoms with Gasteiger partial charge < -0.3 is 14.6 Å². The summed E-state index contributed by atoms with van der Waals surface area (Å²) < 4.78 is 10.7. The maximum atomic E-state index is 9.83. The second-order valence-electron chi connectivity index (χ2n) is 6.06. The fraction of sp³-hybridized carbons (Fsp3) is 0.625. The van der Waals surface area contributed by atoms with Crippen LogP contribution in [0.5, 0.6) is 11.5 Å². The van der Waals surface area contributed by atoms with E-state index in [-0.39, 0.29) is 0 Å². The molecule has 0 radical (unpaired) electrons. The Balaban J connectivity index is 2.09. The minimum absolute atomic E-state index is 0.599. The van der Waals surface area contributed by atoms with Crippen molar-refractivity contribution in [2.75, 3.05) is 27.3 Å². The zero-order valence-corrected chi connectivity index (χ0v) is 12.9. The number of rotatable bonds is 5. The van der Waals surface area contributed by atoms with E-state index < -0.39 is 5.60 Å². The van der Waals surface area contributed by atoms with Crippen molar-refractivity contribution in [3.05, 3.63) is 23.3 Å². The molecule has 0 aromatic heterocycles. The van der Waals surface area contributed by atoms with Gasteiger partial charge >= 0.3 is 0 Å². The molecule has 0 fully saturated rings. The Morgan fingerprint density at radius 1 is 1.15 bits per heavy atom. The smallest absolute Gasteiger partial charge is 0.161 e. The van der Waals surface area contributed by atoms with E-state index in [1.165, 1.54) is 11.1 Å². The lowest BCUT2D eigenvalue weighted by atomic mass is 9.97. The molecule has 1 aromatic rings. The third kappa shape index (κ3) is 3.64. The van der Waals surface area contributed by atoms with Crippen LogP contribution >= 0.6 is 0 Å². The van der Waals surface area contributed by atoms with E-state index in [9.17, 15) is 5.11 Å². The monoisotopic (exact) mass is 279 g/mol. The average Bonchev–Trinajstić information content (AvgIpc) is 2.42. The first kappa shape index (κ1) is 15.1. The van der Waals surface area contributed by atoms with E-state index in [1.54, 1.807) is 14.2 Å². The van der Waals surface area contributed by atoms with Crippen LogP contribution in [0.15, 0.2) is 12.1 Å². The van der Waals surface area contributed by atoms with Gasteiger partial charge in [-0.1, -0.05) is 0 Å². The van der Waals surface area contributed by atoms with Gasteiger partial charge in [-0.15, -0.1) is 0 Å². The van der Waals surface area contributed by atoms with Crippen molar-refractivity contribution in [1.82, 2.24) is 4.90 Å². The number of hydrogen-bond donors (Lipinski definition) is 1. The quantitative estimate of drug-likeness (QED) is 0.897. The predicted octanol–water partition coefficient (Wildman–Crippen LogP) is 2.22. The molecule has 0 aliphatic carbocycles. The van der Waals surface area contributed by atoms with Crippen LogP contribution in [-0.4, -0.2) is 42.9 Å². The summed E-state index contributed by atoms with van der Waals surface area (Å²) in [5, 5.41) is 9.83. The molecule has 1 aromatic carbocycles. The zero-order valence-electron chi connectivity index (χ0n) is 12.9. The second-order valence-corrected chi connectivity index (χ2v) is 6.06. The first-order chi connectivity index (χ1) is 9.43. The highest BCUT2D eigenvalue weighted by molar-refractivity contribution is 5.48. The third-order valence-corrected chi connectivity index (χ3v) is 3.84. The van der Waals surface area contributed by atoms with E-state index >= 15 is 0 Å². The number of methoxy groups -OCH3 is 2. The first-order valence-corrected chi connectivity index (χ1v) is 7.11. The van der Waals surface area contributed by atoms with Crippen molar-refractivity contribution < 1.29 is 14.6 Å². The molecule has 112 valence electrons. The van der Waals surface area contributed by atoms with Crippen LogP contribution in [-0.2, 0) is 13.0 Å². The Bertz CT molecular complexity index is 466. The molecular weight excluding hydrogens is 254 g/mol. The van der Waals surface area contributed by atoms with Gasteiger partial charge in [-0.3, -0.25) is 4.90 Å². The summed E-state index contributed by atoms with van der Waals surface area (Å²) in [6.45, 7) is 6.57. The highest BCUT2D eigenvalue weighted by atomic mass is 16.5. The summed E-state index contributed by atoms with van der Waals surface area (Å²) in [4.78, 5) is 2.38. The molecule has 1 aliphatic heterocycles. The summed E-state index contributed by atoms with van der Waals surface area (Å²) in [5.41, 5.74) is 2.03. The van der Waals surface area contributed by atoms with Crippen LogP contribution in [0.4, 0.5) is 0 Å². The Morgan fingerprint density at radius 2 is 1.75 bits per heavy atom. The minimum atomic E-state index is -0.599. The summed E-state index contributed by atoms with van der Waals surface area (Å²) in [5.74, 6) is 1.59. The molecule has 2 rings (SSSR count). The SMILES string of the molecule is COc1cc2c(cc1OC)CN(CCC(C)(C)O)CC2. The molecule has 1 N–H and O–H groups in total. The number of ether oxygens (including phenoxy) is 2. The first-order valence-electron chi connectivity index (χ1n) is 7.11. The highest BCUT2D eigenvalue weighted by Crippen LogP contribution is 2.33. The molecule has 0 bridgehead atoms.